The zero-order valence-electron chi connectivity index (χ0n) is 37.4. The van der Waals surface area contributed by atoms with Crippen LogP contribution in [0, 0.1) is 18.8 Å². The van der Waals surface area contributed by atoms with Crippen LogP contribution in [0.5, 0.6) is 0 Å². The summed E-state index contributed by atoms with van der Waals surface area (Å²) in [7, 11) is 9.63. The lowest BCUT2D eigenvalue weighted by molar-refractivity contribution is -0.162. The number of amides is 4. The quantitative estimate of drug-likeness (QED) is 0.0798. The zero-order chi connectivity index (χ0) is 45.4. The number of aliphatic hydroxyl groups is 1. The summed E-state index contributed by atoms with van der Waals surface area (Å²) in [5.41, 5.74) is 0.415. The molecule has 340 valence electrons. The summed E-state index contributed by atoms with van der Waals surface area (Å²) < 4.78 is 23.3. The molecule has 3 aliphatic heterocycles. The Balaban J connectivity index is 1.58. The van der Waals surface area contributed by atoms with Crippen LogP contribution in [0.15, 0.2) is 35.9 Å². The number of nitrogens with zero attached hydrogens (tertiary/aromatic N) is 2. The number of carbonyl (C=O) groups excluding carboxylic acids is 5. The Morgan fingerprint density at radius 1 is 1.21 bits per heavy atom. The van der Waals surface area contributed by atoms with Crippen LogP contribution in [0.1, 0.15) is 91.2 Å². The number of hydrogen-bond donors (Lipinski definition) is 3. The molecule has 3 N–H and O–H groups in total. The van der Waals surface area contributed by atoms with E-state index in [-0.39, 0.29) is 37.0 Å². The molecule has 2 unspecified atom stereocenters. The predicted octanol–water partition coefficient (Wildman–Crippen LogP) is 6.53. The summed E-state index contributed by atoms with van der Waals surface area (Å²) in [4.78, 5) is 69.2. The lowest BCUT2D eigenvalue weighted by Gasteiger charge is -2.41. The van der Waals surface area contributed by atoms with Crippen LogP contribution in [0.2, 0.25) is 5.02 Å². The number of methoxy groups -OCH3 is 1. The van der Waals surface area contributed by atoms with Crippen molar-refractivity contribution in [3.8, 4) is 0 Å². The summed E-state index contributed by atoms with van der Waals surface area (Å²) in [5.74, 6) is -1.60. The number of allylic oxidation sites excluding steroid dienone is 3. The molecular weight excluding hydrogens is 844 g/mol. The molecule has 61 heavy (non-hydrogen) atoms. The van der Waals surface area contributed by atoms with Gasteiger partial charge in [-0.1, -0.05) is 76.9 Å². The number of anilines is 1. The van der Waals surface area contributed by atoms with Crippen molar-refractivity contribution in [3.63, 3.8) is 0 Å². The summed E-state index contributed by atoms with van der Waals surface area (Å²) >= 11 is 6.82. The van der Waals surface area contributed by atoms with Gasteiger partial charge in [0, 0.05) is 69.9 Å². The molecule has 4 amide bonds. The van der Waals surface area contributed by atoms with Crippen LogP contribution in [0.3, 0.4) is 0 Å². The lowest BCUT2D eigenvalue weighted by Crippen LogP contribution is -2.60. The van der Waals surface area contributed by atoms with Gasteiger partial charge in [0.05, 0.1) is 29.8 Å². The fourth-order valence-corrected chi connectivity index (χ4v) is 10.8. The maximum absolute atomic E-state index is 14.3. The number of likely N-dealkylation sites (N-methyl/N-ethyl adjacent to an activating group) is 1. The van der Waals surface area contributed by atoms with E-state index in [0.717, 1.165) is 28.9 Å². The molecule has 3 aliphatic rings. The number of carbonyl (C=O) groups is 5. The summed E-state index contributed by atoms with van der Waals surface area (Å²) in [5, 5.41) is 17.4. The number of epoxide rings is 1. The number of aryl methyl sites for hydroxylation is 1. The number of rotatable bonds is 14. The van der Waals surface area contributed by atoms with Crippen LogP contribution < -0.4 is 15.5 Å². The molecule has 1 aromatic rings. The number of nitrogens with one attached hydrogen (secondary N) is 2. The summed E-state index contributed by atoms with van der Waals surface area (Å²) in [6.07, 6.45) is 4.44. The van der Waals surface area contributed by atoms with Crippen molar-refractivity contribution in [2.75, 3.05) is 45.5 Å². The van der Waals surface area contributed by atoms with Crippen molar-refractivity contribution in [3.05, 3.63) is 52.1 Å². The van der Waals surface area contributed by atoms with E-state index in [0.29, 0.717) is 36.6 Å². The molecule has 9 atom stereocenters. The number of esters is 1. The minimum absolute atomic E-state index is 0.00811. The first-order valence-corrected chi connectivity index (χ1v) is 23.5. The Kier molecular flexibility index (Phi) is 17.7. The molecule has 2 saturated heterocycles. The maximum Gasteiger partial charge on any atom is 0.409 e. The smallest absolute Gasteiger partial charge is 0.409 e. The number of alkyl carbamates (subject to hydrolysis) is 1. The molecule has 4 bridgehead atoms. The highest BCUT2D eigenvalue weighted by Crippen LogP contribution is 2.49. The van der Waals surface area contributed by atoms with Gasteiger partial charge in [-0.2, -0.15) is 0 Å². The first-order valence-electron chi connectivity index (χ1n) is 20.8. The number of fused-ring (bicyclic) bond motifs is 5. The van der Waals surface area contributed by atoms with Crippen molar-refractivity contribution >= 4 is 68.7 Å². The normalized spacial score (nSPS) is 29.7. The molecule has 14 nitrogen and oxygen atoms in total. The fourth-order valence-electron chi connectivity index (χ4n) is 7.75. The van der Waals surface area contributed by atoms with E-state index in [1.165, 1.54) is 9.80 Å². The van der Waals surface area contributed by atoms with Crippen molar-refractivity contribution in [1.29, 1.82) is 0 Å². The van der Waals surface area contributed by atoms with Gasteiger partial charge in [-0.25, -0.2) is 9.59 Å². The average molecular weight is 910 g/mol. The van der Waals surface area contributed by atoms with Gasteiger partial charge in [0.1, 0.15) is 29.6 Å². The third-order valence-electron chi connectivity index (χ3n) is 12.2. The summed E-state index contributed by atoms with van der Waals surface area (Å²) in [6.45, 7) is 13.3. The largest absolute Gasteiger partial charge is 0.457 e. The molecule has 17 heteroatoms. The van der Waals surface area contributed by atoms with Crippen LogP contribution in [-0.2, 0) is 44.5 Å². The predicted molar refractivity (Wildman–Crippen MR) is 240 cm³/mol. The van der Waals surface area contributed by atoms with Gasteiger partial charge < -0.3 is 39.2 Å². The van der Waals surface area contributed by atoms with Crippen LogP contribution in [-0.4, -0.2) is 121 Å². The number of ether oxygens (including phenoxy) is 4. The van der Waals surface area contributed by atoms with Gasteiger partial charge in [0.25, 0.3) is 0 Å². The lowest BCUT2D eigenvalue weighted by atomic mass is 9.82. The molecular formula is C44H65ClN4O10S2. The number of hydrogen-bond acceptors (Lipinski definition) is 12. The van der Waals surface area contributed by atoms with Gasteiger partial charge in [-0.15, -0.1) is 0 Å². The first kappa shape index (κ1) is 50.4. The van der Waals surface area contributed by atoms with E-state index >= 15 is 0 Å². The Bertz CT molecular complexity index is 1850. The minimum Gasteiger partial charge on any atom is -0.457 e. The van der Waals surface area contributed by atoms with Crippen molar-refractivity contribution in [1.82, 2.24) is 15.5 Å². The Morgan fingerprint density at radius 3 is 2.59 bits per heavy atom. The van der Waals surface area contributed by atoms with Gasteiger partial charge in [0.15, 0.2) is 0 Å². The van der Waals surface area contributed by atoms with E-state index in [1.54, 1.807) is 63.7 Å². The topological polar surface area (TPSA) is 176 Å². The van der Waals surface area contributed by atoms with Crippen LogP contribution in [0.25, 0.3) is 0 Å². The number of halogens is 1. The molecule has 4 rings (SSSR count). The van der Waals surface area contributed by atoms with Crippen LogP contribution in [0.4, 0.5) is 10.5 Å². The van der Waals surface area contributed by atoms with E-state index < -0.39 is 64.3 Å². The Morgan fingerprint density at radius 2 is 1.92 bits per heavy atom. The van der Waals surface area contributed by atoms with Gasteiger partial charge in [0.2, 0.25) is 17.7 Å². The fraction of sp³-hybridized carbons (Fsp3) is 0.659. The Labute approximate surface area is 374 Å². The van der Waals surface area contributed by atoms with E-state index in [9.17, 15) is 29.1 Å². The summed E-state index contributed by atoms with van der Waals surface area (Å²) in [6, 6.07) is 2.82. The van der Waals surface area contributed by atoms with E-state index in [1.807, 2.05) is 65.0 Å². The van der Waals surface area contributed by atoms with Crippen LogP contribution >= 0.6 is 33.2 Å². The number of benzene rings is 1. The standard InChI is InChI=1S/C44H65ClN4O10S2/c1-26-14-12-15-28(3)44(55)24-33(57-41(54)47-44)29(4)39-43(7,59-39)34(23-37(52)49(10)32-22-31(20-26)21-27(2)38(32)45)58-40(53)30(5)48(9)36(51)17-18-42(6,25-56-11)61-60-19-13-16-35(50)46-8/h12,14-15,21-22,28-30,33-34,39,55H,13,16-20,23-25H2,1-11H3,(H,46,50)(H,47,54)/b15-12+,26-14+/t28-,29-,30+,33+,34?,39+,42?,43+,44+/m1/s1. The second-order valence-corrected chi connectivity index (χ2v) is 20.6. The van der Waals surface area contributed by atoms with E-state index in [2.05, 4.69) is 10.6 Å². The Hall–Kier alpha value is -3.28. The SMILES string of the molecule is CNC(=O)CCCSSC(C)(CCC(=O)N(C)[C@@H](C)C(=O)OC1CC(=O)N(C)c2cc(cc(C)c2Cl)C/C(C)=C/C=C/[C@@H](C)[C@@]2(O)C[C@H](OC(=O)N2)[C@@H](C)[C@@H]2O[C@@]12C)COC. The van der Waals surface area contributed by atoms with E-state index in [4.69, 9.17) is 30.5 Å². The highest BCUT2D eigenvalue weighted by Gasteiger charge is 2.64. The molecule has 0 aliphatic carbocycles. The van der Waals surface area contributed by atoms with Gasteiger partial charge >= 0.3 is 12.1 Å². The monoisotopic (exact) mass is 908 g/mol. The maximum atomic E-state index is 14.3. The molecule has 2 fully saturated rings. The van der Waals surface area contributed by atoms with Gasteiger partial charge in [-0.05, 0) is 71.1 Å². The van der Waals surface area contributed by atoms with Crippen molar-refractivity contribution in [2.24, 2.45) is 11.8 Å². The molecule has 0 radical (unpaired) electrons. The van der Waals surface area contributed by atoms with Gasteiger partial charge in [-0.3, -0.25) is 19.7 Å². The first-order chi connectivity index (χ1) is 28.6. The highest BCUT2D eigenvalue weighted by molar-refractivity contribution is 8.77. The molecule has 0 spiro atoms. The average Bonchev–Trinajstić information content (AvgIpc) is 3.90. The third kappa shape index (κ3) is 12.9. The second-order valence-electron chi connectivity index (χ2n) is 17.2. The third-order valence-corrected chi connectivity index (χ3v) is 16.0. The highest BCUT2D eigenvalue weighted by atomic mass is 35.5. The zero-order valence-corrected chi connectivity index (χ0v) is 39.8. The molecule has 0 aromatic heterocycles. The molecule has 1 aromatic carbocycles. The molecule has 3 heterocycles. The van der Waals surface area contributed by atoms with Crippen molar-refractivity contribution < 1.29 is 48.0 Å². The van der Waals surface area contributed by atoms with Crippen molar-refractivity contribution in [2.45, 2.75) is 134 Å². The molecule has 0 saturated carbocycles. The minimum atomic E-state index is -1.62. The second kappa shape index (κ2) is 21.4.